The summed E-state index contributed by atoms with van der Waals surface area (Å²) < 4.78 is 16.5. The minimum Gasteiger partial charge on any atom is -0.497 e. The highest BCUT2D eigenvalue weighted by Gasteiger charge is 2.34. The Morgan fingerprint density at radius 2 is 2.03 bits per heavy atom. The Morgan fingerprint density at radius 1 is 1.17 bits per heavy atom. The van der Waals surface area contributed by atoms with Crippen molar-refractivity contribution < 1.29 is 23.8 Å². The zero-order chi connectivity index (χ0) is 20.4. The lowest BCUT2D eigenvalue weighted by molar-refractivity contribution is -0.126. The predicted octanol–water partition coefficient (Wildman–Crippen LogP) is 4.07. The highest BCUT2D eigenvalue weighted by Crippen LogP contribution is 2.39. The van der Waals surface area contributed by atoms with Gasteiger partial charge < -0.3 is 23.9 Å². The fraction of sp³-hybridized carbons (Fsp3) is 0.261. The van der Waals surface area contributed by atoms with Crippen molar-refractivity contribution in [3.63, 3.8) is 0 Å². The van der Waals surface area contributed by atoms with Gasteiger partial charge in [-0.15, -0.1) is 0 Å². The molecule has 6 nitrogen and oxygen atoms in total. The van der Waals surface area contributed by atoms with Crippen LogP contribution in [0.2, 0.25) is 0 Å². The molecule has 4 rings (SSSR count). The van der Waals surface area contributed by atoms with Crippen LogP contribution in [0.25, 0.3) is 0 Å². The van der Waals surface area contributed by atoms with Gasteiger partial charge in [-0.1, -0.05) is 25.1 Å². The number of hydrogen-bond donors (Lipinski definition) is 1. The number of aliphatic hydroxyl groups excluding tert-OH is 1. The second-order valence-electron chi connectivity index (χ2n) is 6.94. The van der Waals surface area contributed by atoms with Crippen LogP contribution < -0.4 is 14.4 Å². The third-order valence-corrected chi connectivity index (χ3v) is 5.06. The molecule has 1 aliphatic heterocycles. The Balaban J connectivity index is 1.72. The SMILES string of the molecule is CC[C@H]1Oc2ccc([C@@H](O)c3ccco3)cc2N(Cc2cccc(OC)c2)C1=O. The largest absolute Gasteiger partial charge is 0.497 e. The minimum atomic E-state index is -0.923. The molecule has 1 N–H and O–H groups in total. The first-order chi connectivity index (χ1) is 14.1. The number of rotatable bonds is 6. The Bertz CT molecular complexity index is 998. The van der Waals surface area contributed by atoms with Gasteiger partial charge in [-0.3, -0.25) is 4.79 Å². The molecule has 2 aromatic carbocycles. The van der Waals surface area contributed by atoms with Crippen molar-refractivity contribution in [3.8, 4) is 11.5 Å². The molecule has 1 aromatic heterocycles. The van der Waals surface area contributed by atoms with E-state index in [4.69, 9.17) is 13.9 Å². The summed E-state index contributed by atoms with van der Waals surface area (Å²) in [5.41, 5.74) is 2.20. The van der Waals surface area contributed by atoms with E-state index in [0.717, 1.165) is 11.3 Å². The zero-order valence-corrected chi connectivity index (χ0v) is 16.4. The number of hydrogen-bond acceptors (Lipinski definition) is 5. The molecule has 6 heteroatoms. The Kier molecular flexibility index (Phi) is 5.27. The number of carbonyl (C=O) groups is 1. The first-order valence-corrected chi connectivity index (χ1v) is 9.57. The molecule has 0 unspecified atom stereocenters. The Labute approximate surface area is 169 Å². The maximum Gasteiger partial charge on any atom is 0.268 e. The molecule has 2 heterocycles. The first kappa shape index (κ1) is 19.1. The fourth-order valence-corrected chi connectivity index (χ4v) is 3.50. The standard InChI is InChI=1S/C23H23NO5/c1-3-19-23(26)24(14-15-6-4-7-17(12-15)27-2)18-13-16(9-10-20(18)29-19)22(25)21-8-5-11-28-21/h4-13,19,22,25H,3,14H2,1-2H3/t19-,22-/m1/s1. The van der Waals surface area contributed by atoms with E-state index in [1.165, 1.54) is 6.26 Å². The highest BCUT2D eigenvalue weighted by atomic mass is 16.5. The average Bonchev–Trinajstić information content (AvgIpc) is 3.29. The first-order valence-electron chi connectivity index (χ1n) is 9.57. The van der Waals surface area contributed by atoms with Gasteiger partial charge in [0.1, 0.15) is 23.4 Å². The summed E-state index contributed by atoms with van der Waals surface area (Å²) in [7, 11) is 1.61. The Hall–Kier alpha value is -3.25. The van der Waals surface area contributed by atoms with Gasteiger partial charge in [-0.2, -0.15) is 0 Å². The van der Waals surface area contributed by atoms with Crippen molar-refractivity contribution in [3.05, 3.63) is 77.7 Å². The number of amides is 1. The van der Waals surface area contributed by atoms with E-state index in [-0.39, 0.29) is 5.91 Å². The van der Waals surface area contributed by atoms with E-state index in [2.05, 4.69) is 0 Å². The van der Waals surface area contributed by atoms with Crippen LogP contribution >= 0.6 is 0 Å². The predicted molar refractivity (Wildman–Crippen MR) is 108 cm³/mol. The molecule has 0 fully saturated rings. The number of benzene rings is 2. The summed E-state index contributed by atoms with van der Waals surface area (Å²) in [5.74, 6) is 1.69. The monoisotopic (exact) mass is 393 g/mol. The smallest absolute Gasteiger partial charge is 0.268 e. The van der Waals surface area contributed by atoms with E-state index >= 15 is 0 Å². The number of fused-ring (bicyclic) bond motifs is 1. The van der Waals surface area contributed by atoms with E-state index < -0.39 is 12.2 Å². The van der Waals surface area contributed by atoms with E-state index in [1.807, 2.05) is 31.2 Å². The molecule has 29 heavy (non-hydrogen) atoms. The molecule has 0 spiro atoms. The lowest BCUT2D eigenvalue weighted by Gasteiger charge is -2.34. The van der Waals surface area contributed by atoms with Crippen LogP contribution in [0.5, 0.6) is 11.5 Å². The van der Waals surface area contributed by atoms with Gasteiger partial charge in [-0.25, -0.2) is 0 Å². The van der Waals surface area contributed by atoms with E-state index in [9.17, 15) is 9.90 Å². The van der Waals surface area contributed by atoms with Crippen LogP contribution in [-0.2, 0) is 11.3 Å². The summed E-state index contributed by atoms with van der Waals surface area (Å²) in [4.78, 5) is 14.8. The van der Waals surface area contributed by atoms with Crippen LogP contribution in [0.15, 0.2) is 65.3 Å². The van der Waals surface area contributed by atoms with Crippen LogP contribution in [0, 0.1) is 0 Å². The van der Waals surface area contributed by atoms with Crippen molar-refractivity contribution in [1.29, 1.82) is 0 Å². The maximum absolute atomic E-state index is 13.1. The third kappa shape index (κ3) is 3.71. The Morgan fingerprint density at radius 3 is 2.76 bits per heavy atom. The van der Waals surface area contributed by atoms with Crippen molar-refractivity contribution in [2.75, 3.05) is 12.0 Å². The van der Waals surface area contributed by atoms with Gasteiger partial charge in [0.05, 0.1) is 25.6 Å². The highest BCUT2D eigenvalue weighted by molar-refractivity contribution is 6.00. The summed E-state index contributed by atoms with van der Waals surface area (Å²) >= 11 is 0. The summed E-state index contributed by atoms with van der Waals surface area (Å²) in [6, 6.07) is 16.4. The molecule has 0 bridgehead atoms. The topological polar surface area (TPSA) is 72.1 Å². The molecule has 0 saturated heterocycles. The molecule has 0 saturated carbocycles. The second-order valence-corrected chi connectivity index (χ2v) is 6.94. The van der Waals surface area contributed by atoms with Crippen molar-refractivity contribution in [2.45, 2.75) is 32.1 Å². The van der Waals surface area contributed by atoms with Crippen LogP contribution in [-0.4, -0.2) is 24.2 Å². The van der Waals surface area contributed by atoms with Crippen molar-refractivity contribution in [1.82, 2.24) is 0 Å². The average molecular weight is 393 g/mol. The van der Waals surface area contributed by atoms with Crippen LogP contribution in [0.1, 0.15) is 36.3 Å². The number of furan rings is 1. The molecule has 0 radical (unpaired) electrons. The quantitative estimate of drug-likeness (QED) is 0.683. The van der Waals surface area contributed by atoms with Crippen molar-refractivity contribution in [2.24, 2.45) is 0 Å². The summed E-state index contributed by atoms with van der Waals surface area (Å²) in [6.07, 6.45) is 0.635. The molecule has 150 valence electrons. The van der Waals surface area contributed by atoms with Gasteiger partial charge >= 0.3 is 0 Å². The van der Waals surface area contributed by atoms with Gasteiger partial charge in [0.15, 0.2) is 6.10 Å². The van der Waals surface area contributed by atoms with Crippen LogP contribution in [0.4, 0.5) is 5.69 Å². The lowest BCUT2D eigenvalue weighted by Crippen LogP contribution is -2.45. The summed E-state index contributed by atoms with van der Waals surface area (Å²) in [5, 5.41) is 10.6. The number of anilines is 1. The molecule has 1 amide bonds. The number of aliphatic hydroxyl groups is 1. The minimum absolute atomic E-state index is 0.104. The fourth-order valence-electron chi connectivity index (χ4n) is 3.50. The molecular weight excluding hydrogens is 370 g/mol. The third-order valence-electron chi connectivity index (χ3n) is 5.06. The van der Waals surface area contributed by atoms with Gasteiger partial charge in [0.25, 0.3) is 5.91 Å². The number of methoxy groups -OCH3 is 1. The second kappa shape index (κ2) is 8.01. The zero-order valence-electron chi connectivity index (χ0n) is 16.4. The summed E-state index contributed by atoms with van der Waals surface area (Å²) in [6.45, 7) is 2.30. The maximum atomic E-state index is 13.1. The van der Waals surface area contributed by atoms with Crippen LogP contribution in [0.3, 0.4) is 0 Å². The van der Waals surface area contributed by atoms with E-state index in [1.54, 1.807) is 42.3 Å². The van der Waals surface area contributed by atoms with E-state index in [0.29, 0.717) is 35.7 Å². The number of carbonyl (C=O) groups excluding carboxylic acids is 1. The molecule has 1 aliphatic rings. The normalized spacial score (nSPS) is 16.9. The number of ether oxygens (including phenoxy) is 2. The van der Waals surface area contributed by atoms with Crippen molar-refractivity contribution >= 4 is 11.6 Å². The van der Waals surface area contributed by atoms with Gasteiger partial charge in [0.2, 0.25) is 0 Å². The molecule has 0 aliphatic carbocycles. The lowest BCUT2D eigenvalue weighted by atomic mass is 10.0. The van der Waals surface area contributed by atoms with Gasteiger partial charge in [-0.05, 0) is 53.9 Å². The number of nitrogens with zero attached hydrogens (tertiary/aromatic N) is 1. The molecular formula is C23H23NO5. The van der Waals surface area contributed by atoms with Gasteiger partial charge in [0, 0.05) is 0 Å². The molecule has 2 atom stereocenters. The molecule has 3 aromatic rings.